The molecule has 1 unspecified atom stereocenters. The number of methoxy groups -OCH3 is 1. The van der Waals surface area contributed by atoms with E-state index in [2.05, 4.69) is 18.9 Å². The fraction of sp³-hybridized carbons (Fsp3) is 1.00. The summed E-state index contributed by atoms with van der Waals surface area (Å²) in [5.74, 6) is -0.234. The molecule has 1 spiro atoms. The molecule has 0 aromatic rings. The zero-order valence-corrected chi connectivity index (χ0v) is 11.3. The van der Waals surface area contributed by atoms with Gasteiger partial charge in [-0.1, -0.05) is 0 Å². The average molecular weight is 243 g/mol. The van der Waals surface area contributed by atoms with E-state index in [-0.39, 0.29) is 5.79 Å². The van der Waals surface area contributed by atoms with E-state index in [0.29, 0.717) is 12.1 Å². The molecule has 1 saturated heterocycles. The number of likely N-dealkylation sites (N-methyl/N-ethyl adjacent to an activating group) is 1. The van der Waals surface area contributed by atoms with Crippen LogP contribution in [0.4, 0.5) is 0 Å². The molecule has 1 atom stereocenters. The zero-order chi connectivity index (χ0) is 12.3. The number of hydrogen-bond donors (Lipinski definition) is 0. The van der Waals surface area contributed by atoms with Crippen LogP contribution in [0.1, 0.15) is 32.6 Å². The largest absolute Gasteiger partial charge is 0.383 e. The van der Waals surface area contributed by atoms with Crippen LogP contribution in [0.15, 0.2) is 0 Å². The highest BCUT2D eigenvalue weighted by Gasteiger charge is 2.41. The summed E-state index contributed by atoms with van der Waals surface area (Å²) in [5.41, 5.74) is 0. The van der Waals surface area contributed by atoms with Crippen LogP contribution in [-0.4, -0.2) is 56.7 Å². The van der Waals surface area contributed by atoms with Gasteiger partial charge in [0.05, 0.1) is 19.8 Å². The first-order chi connectivity index (χ1) is 8.17. The Morgan fingerprint density at radius 3 is 2.41 bits per heavy atom. The van der Waals surface area contributed by atoms with Crippen LogP contribution in [0.3, 0.4) is 0 Å². The molecular formula is C13H25NO3. The smallest absolute Gasteiger partial charge is 0.168 e. The Balaban J connectivity index is 1.81. The lowest BCUT2D eigenvalue weighted by atomic mass is 9.89. The second kappa shape index (κ2) is 5.65. The molecule has 2 aliphatic rings. The summed E-state index contributed by atoms with van der Waals surface area (Å²) in [7, 11) is 3.96. The van der Waals surface area contributed by atoms with Gasteiger partial charge >= 0.3 is 0 Å². The van der Waals surface area contributed by atoms with Gasteiger partial charge in [-0.25, -0.2) is 0 Å². The minimum absolute atomic E-state index is 0.234. The van der Waals surface area contributed by atoms with E-state index in [9.17, 15) is 0 Å². The van der Waals surface area contributed by atoms with Crippen LogP contribution in [0.5, 0.6) is 0 Å². The summed E-state index contributed by atoms with van der Waals surface area (Å²) in [5, 5.41) is 0. The zero-order valence-electron chi connectivity index (χ0n) is 11.3. The number of ether oxygens (including phenoxy) is 3. The van der Waals surface area contributed by atoms with Gasteiger partial charge < -0.3 is 14.2 Å². The third-order valence-electron chi connectivity index (χ3n) is 4.21. The predicted molar refractivity (Wildman–Crippen MR) is 66.0 cm³/mol. The number of hydrogen-bond acceptors (Lipinski definition) is 4. The maximum Gasteiger partial charge on any atom is 0.168 e. The van der Waals surface area contributed by atoms with Crippen LogP contribution in [0, 0.1) is 0 Å². The molecule has 4 heteroatoms. The van der Waals surface area contributed by atoms with Gasteiger partial charge in [-0.2, -0.15) is 0 Å². The van der Waals surface area contributed by atoms with E-state index in [1.807, 2.05) is 0 Å². The van der Waals surface area contributed by atoms with Crippen molar-refractivity contribution in [1.82, 2.24) is 4.90 Å². The first-order valence-corrected chi connectivity index (χ1v) is 6.66. The Morgan fingerprint density at radius 1 is 1.29 bits per heavy atom. The summed E-state index contributed by atoms with van der Waals surface area (Å²) in [6.45, 7) is 4.54. The van der Waals surface area contributed by atoms with Gasteiger partial charge in [-0.05, 0) is 26.8 Å². The van der Waals surface area contributed by atoms with E-state index in [1.165, 1.54) is 0 Å². The molecule has 4 nitrogen and oxygen atoms in total. The van der Waals surface area contributed by atoms with Crippen LogP contribution in [0.2, 0.25) is 0 Å². The summed E-state index contributed by atoms with van der Waals surface area (Å²) in [6, 6.07) is 1.11. The van der Waals surface area contributed by atoms with E-state index in [1.54, 1.807) is 7.11 Å². The molecule has 2 fully saturated rings. The molecule has 100 valence electrons. The fourth-order valence-electron chi connectivity index (χ4n) is 2.95. The summed E-state index contributed by atoms with van der Waals surface area (Å²) in [6.07, 6.45) is 4.37. The topological polar surface area (TPSA) is 30.9 Å². The Morgan fingerprint density at radius 2 is 1.88 bits per heavy atom. The van der Waals surface area contributed by atoms with Gasteiger partial charge in [0.15, 0.2) is 5.79 Å². The molecule has 1 heterocycles. The van der Waals surface area contributed by atoms with Crippen LogP contribution >= 0.6 is 0 Å². The van der Waals surface area contributed by atoms with E-state index < -0.39 is 0 Å². The Kier molecular flexibility index (Phi) is 4.42. The monoisotopic (exact) mass is 243 g/mol. The molecule has 1 aliphatic carbocycles. The van der Waals surface area contributed by atoms with Gasteiger partial charge in [0.25, 0.3) is 0 Å². The van der Waals surface area contributed by atoms with Crippen molar-refractivity contribution >= 4 is 0 Å². The minimum atomic E-state index is -0.234. The molecule has 0 N–H and O–H groups in total. The van der Waals surface area contributed by atoms with Gasteiger partial charge in [0.1, 0.15) is 0 Å². The van der Waals surface area contributed by atoms with E-state index >= 15 is 0 Å². The van der Waals surface area contributed by atoms with Crippen molar-refractivity contribution in [2.24, 2.45) is 0 Å². The second-order valence-electron chi connectivity index (χ2n) is 5.31. The molecule has 0 aromatic carbocycles. The van der Waals surface area contributed by atoms with Crippen molar-refractivity contribution in [2.75, 3.05) is 34.0 Å². The lowest BCUT2D eigenvalue weighted by Gasteiger charge is -2.41. The predicted octanol–water partition coefficient (Wildman–Crippen LogP) is 1.64. The van der Waals surface area contributed by atoms with Gasteiger partial charge in [0, 0.05) is 32.0 Å². The summed E-state index contributed by atoms with van der Waals surface area (Å²) >= 11 is 0. The maximum atomic E-state index is 5.75. The van der Waals surface area contributed by atoms with Crippen LogP contribution in [-0.2, 0) is 14.2 Å². The summed E-state index contributed by atoms with van der Waals surface area (Å²) < 4.78 is 16.7. The van der Waals surface area contributed by atoms with E-state index in [0.717, 1.165) is 45.5 Å². The molecule has 1 aliphatic heterocycles. The Hall–Kier alpha value is -0.160. The van der Waals surface area contributed by atoms with Crippen molar-refractivity contribution in [1.29, 1.82) is 0 Å². The number of nitrogens with zero attached hydrogens (tertiary/aromatic N) is 1. The van der Waals surface area contributed by atoms with E-state index in [4.69, 9.17) is 14.2 Å². The second-order valence-corrected chi connectivity index (χ2v) is 5.31. The van der Waals surface area contributed by atoms with Crippen LogP contribution in [0.25, 0.3) is 0 Å². The number of rotatable bonds is 4. The summed E-state index contributed by atoms with van der Waals surface area (Å²) in [4.78, 5) is 2.44. The lowest BCUT2D eigenvalue weighted by Crippen LogP contribution is -2.46. The molecule has 1 saturated carbocycles. The molecule has 0 amide bonds. The third kappa shape index (κ3) is 2.99. The Labute approximate surface area is 104 Å². The first kappa shape index (κ1) is 13.3. The normalized spacial score (nSPS) is 26.8. The Bertz CT molecular complexity index is 231. The van der Waals surface area contributed by atoms with Gasteiger partial charge in [-0.3, -0.25) is 4.90 Å². The van der Waals surface area contributed by atoms with Gasteiger partial charge in [0.2, 0.25) is 0 Å². The molecule has 2 rings (SSSR count). The molecule has 0 radical (unpaired) electrons. The molecular weight excluding hydrogens is 218 g/mol. The standard InChI is InChI=1S/C13H25NO3/c1-11(10-15-3)14(2)12-4-6-13(7-5-12)16-8-9-17-13/h11-12H,4-10H2,1-3H3. The highest BCUT2D eigenvalue weighted by atomic mass is 16.7. The quantitative estimate of drug-likeness (QED) is 0.751. The van der Waals surface area contributed by atoms with Crippen molar-refractivity contribution in [3.63, 3.8) is 0 Å². The van der Waals surface area contributed by atoms with Crippen LogP contribution < -0.4 is 0 Å². The highest BCUT2D eigenvalue weighted by molar-refractivity contribution is 4.87. The van der Waals surface area contributed by atoms with Crippen molar-refractivity contribution in [3.8, 4) is 0 Å². The first-order valence-electron chi connectivity index (χ1n) is 6.66. The minimum Gasteiger partial charge on any atom is -0.383 e. The fourth-order valence-corrected chi connectivity index (χ4v) is 2.95. The third-order valence-corrected chi connectivity index (χ3v) is 4.21. The maximum absolute atomic E-state index is 5.75. The average Bonchev–Trinajstić information content (AvgIpc) is 2.78. The van der Waals surface area contributed by atoms with Crippen molar-refractivity contribution in [2.45, 2.75) is 50.5 Å². The van der Waals surface area contributed by atoms with Gasteiger partial charge in [-0.15, -0.1) is 0 Å². The van der Waals surface area contributed by atoms with Crippen molar-refractivity contribution < 1.29 is 14.2 Å². The molecule has 0 bridgehead atoms. The molecule has 0 aromatic heterocycles. The SMILES string of the molecule is COCC(C)N(C)C1CCC2(CC1)OCCO2. The highest BCUT2D eigenvalue weighted by Crippen LogP contribution is 2.37. The molecule has 17 heavy (non-hydrogen) atoms. The van der Waals surface area contributed by atoms with Crippen molar-refractivity contribution in [3.05, 3.63) is 0 Å². The lowest BCUT2D eigenvalue weighted by molar-refractivity contribution is -0.184.